The first-order chi connectivity index (χ1) is 8.65. The molecule has 4 nitrogen and oxygen atoms in total. The standard InChI is InChI=1S/C13H18N2O2S/c16-18(17,14-11-6-7-11)13-5-3-4-12(10-13)15-8-1-2-9-15/h3-5,10-11,14H,1-2,6-9H2. The van der Waals surface area contributed by atoms with Gasteiger partial charge in [0.05, 0.1) is 4.90 Å². The molecule has 1 saturated heterocycles. The van der Waals surface area contributed by atoms with Gasteiger partial charge in [-0.3, -0.25) is 0 Å². The maximum absolute atomic E-state index is 12.1. The number of benzene rings is 1. The van der Waals surface area contributed by atoms with Crippen LogP contribution >= 0.6 is 0 Å². The second-order valence-corrected chi connectivity index (χ2v) is 6.80. The summed E-state index contributed by atoms with van der Waals surface area (Å²) in [5, 5.41) is 0. The van der Waals surface area contributed by atoms with E-state index in [2.05, 4.69) is 9.62 Å². The zero-order valence-corrected chi connectivity index (χ0v) is 11.1. The van der Waals surface area contributed by atoms with Gasteiger partial charge < -0.3 is 4.90 Å². The summed E-state index contributed by atoms with van der Waals surface area (Å²) in [6, 6.07) is 7.43. The minimum Gasteiger partial charge on any atom is -0.371 e. The van der Waals surface area contributed by atoms with Gasteiger partial charge in [0.2, 0.25) is 10.0 Å². The lowest BCUT2D eigenvalue weighted by Crippen LogP contribution is -2.26. The van der Waals surface area contributed by atoms with Crippen LogP contribution in [0.3, 0.4) is 0 Å². The molecule has 5 heteroatoms. The van der Waals surface area contributed by atoms with Crippen molar-refractivity contribution in [1.82, 2.24) is 4.72 Å². The predicted octanol–water partition coefficient (Wildman–Crippen LogP) is 1.73. The molecule has 0 aromatic heterocycles. The summed E-state index contributed by atoms with van der Waals surface area (Å²) in [5.41, 5.74) is 1.02. The molecule has 1 heterocycles. The van der Waals surface area contributed by atoms with Crippen LogP contribution in [0.15, 0.2) is 29.2 Å². The number of sulfonamides is 1. The van der Waals surface area contributed by atoms with Gasteiger partial charge in [-0.15, -0.1) is 0 Å². The molecule has 1 N–H and O–H groups in total. The number of hydrogen-bond donors (Lipinski definition) is 1. The summed E-state index contributed by atoms with van der Waals surface area (Å²) >= 11 is 0. The van der Waals surface area contributed by atoms with Gasteiger partial charge in [-0.25, -0.2) is 13.1 Å². The van der Waals surface area contributed by atoms with Gasteiger partial charge in [-0.1, -0.05) is 6.07 Å². The van der Waals surface area contributed by atoms with E-state index in [4.69, 9.17) is 0 Å². The van der Waals surface area contributed by atoms with Crippen LogP contribution in [-0.4, -0.2) is 27.5 Å². The van der Waals surface area contributed by atoms with Crippen molar-refractivity contribution >= 4 is 15.7 Å². The highest BCUT2D eigenvalue weighted by molar-refractivity contribution is 7.89. The molecule has 0 bridgehead atoms. The molecule has 0 radical (unpaired) electrons. The minimum atomic E-state index is -3.33. The lowest BCUT2D eigenvalue weighted by atomic mass is 10.3. The Morgan fingerprint density at radius 3 is 2.56 bits per heavy atom. The Kier molecular flexibility index (Phi) is 3.03. The number of nitrogens with zero attached hydrogens (tertiary/aromatic N) is 1. The van der Waals surface area contributed by atoms with Gasteiger partial charge in [0, 0.05) is 24.8 Å². The normalized spacial score (nSPS) is 20.3. The summed E-state index contributed by atoms with van der Waals surface area (Å²) in [6.07, 6.45) is 4.31. The van der Waals surface area contributed by atoms with Crippen LogP contribution in [0.4, 0.5) is 5.69 Å². The van der Waals surface area contributed by atoms with Crippen LogP contribution in [0.5, 0.6) is 0 Å². The minimum absolute atomic E-state index is 0.158. The van der Waals surface area contributed by atoms with E-state index in [1.165, 1.54) is 12.8 Å². The van der Waals surface area contributed by atoms with Gasteiger partial charge in [-0.05, 0) is 43.9 Å². The first-order valence-electron chi connectivity index (χ1n) is 6.52. The summed E-state index contributed by atoms with van der Waals surface area (Å²) in [7, 11) is -3.33. The van der Waals surface area contributed by atoms with E-state index in [1.54, 1.807) is 12.1 Å². The van der Waals surface area contributed by atoms with Crippen molar-refractivity contribution in [2.45, 2.75) is 36.6 Å². The highest BCUT2D eigenvalue weighted by Crippen LogP contribution is 2.25. The van der Waals surface area contributed by atoms with E-state index < -0.39 is 10.0 Å². The molecular formula is C13H18N2O2S. The second kappa shape index (κ2) is 4.55. The Bertz CT molecular complexity index is 532. The van der Waals surface area contributed by atoms with E-state index in [-0.39, 0.29) is 6.04 Å². The topological polar surface area (TPSA) is 49.4 Å². The van der Waals surface area contributed by atoms with Crippen LogP contribution in [0, 0.1) is 0 Å². The molecule has 1 aromatic rings. The lowest BCUT2D eigenvalue weighted by Gasteiger charge is -2.18. The first kappa shape index (κ1) is 12.0. The van der Waals surface area contributed by atoms with Gasteiger partial charge in [0.25, 0.3) is 0 Å². The van der Waals surface area contributed by atoms with Crippen LogP contribution in [0.2, 0.25) is 0 Å². The fourth-order valence-electron chi connectivity index (χ4n) is 2.31. The first-order valence-corrected chi connectivity index (χ1v) is 8.01. The Morgan fingerprint density at radius 1 is 1.17 bits per heavy atom. The molecule has 18 heavy (non-hydrogen) atoms. The van der Waals surface area contributed by atoms with E-state index >= 15 is 0 Å². The van der Waals surface area contributed by atoms with Crippen molar-refractivity contribution in [3.05, 3.63) is 24.3 Å². The van der Waals surface area contributed by atoms with Crippen molar-refractivity contribution in [1.29, 1.82) is 0 Å². The van der Waals surface area contributed by atoms with E-state index in [1.807, 2.05) is 12.1 Å². The third-order valence-corrected chi connectivity index (χ3v) is 5.02. The predicted molar refractivity (Wildman–Crippen MR) is 71.2 cm³/mol. The second-order valence-electron chi connectivity index (χ2n) is 5.09. The van der Waals surface area contributed by atoms with Crippen LogP contribution in [0.25, 0.3) is 0 Å². The molecule has 2 fully saturated rings. The zero-order valence-electron chi connectivity index (χ0n) is 10.3. The molecular weight excluding hydrogens is 248 g/mol. The number of nitrogens with one attached hydrogen (secondary N) is 1. The lowest BCUT2D eigenvalue weighted by molar-refractivity contribution is 0.581. The van der Waals surface area contributed by atoms with E-state index in [0.29, 0.717) is 4.90 Å². The zero-order chi connectivity index (χ0) is 12.6. The SMILES string of the molecule is O=S(=O)(NC1CC1)c1cccc(N2CCCC2)c1. The highest BCUT2D eigenvalue weighted by atomic mass is 32.2. The Balaban J connectivity index is 1.85. The molecule has 1 aliphatic carbocycles. The Labute approximate surface area is 108 Å². The van der Waals surface area contributed by atoms with Gasteiger partial charge in [0.1, 0.15) is 0 Å². The quantitative estimate of drug-likeness (QED) is 0.903. The molecule has 0 atom stereocenters. The average molecular weight is 266 g/mol. The molecule has 1 saturated carbocycles. The van der Waals surface area contributed by atoms with Crippen LogP contribution < -0.4 is 9.62 Å². The molecule has 0 unspecified atom stereocenters. The van der Waals surface area contributed by atoms with Crippen molar-refractivity contribution in [2.75, 3.05) is 18.0 Å². The van der Waals surface area contributed by atoms with E-state index in [9.17, 15) is 8.42 Å². The Morgan fingerprint density at radius 2 is 1.89 bits per heavy atom. The third-order valence-electron chi connectivity index (χ3n) is 3.50. The van der Waals surface area contributed by atoms with Crippen molar-refractivity contribution in [2.24, 2.45) is 0 Å². The average Bonchev–Trinajstić information content (AvgIpc) is 2.98. The molecule has 0 spiro atoms. The molecule has 1 aliphatic heterocycles. The number of hydrogen-bond acceptors (Lipinski definition) is 3. The smallest absolute Gasteiger partial charge is 0.240 e. The summed E-state index contributed by atoms with van der Waals surface area (Å²) < 4.78 is 27.0. The fourth-order valence-corrected chi connectivity index (χ4v) is 3.66. The molecule has 1 aromatic carbocycles. The maximum atomic E-state index is 12.1. The van der Waals surface area contributed by atoms with Gasteiger partial charge in [0.15, 0.2) is 0 Å². The van der Waals surface area contributed by atoms with Crippen molar-refractivity contribution in [3.63, 3.8) is 0 Å². The van der Waals surface area contributed by atoms with E-state index in [0.717, 1.165) is 31.6 Å². The Hall–Kier alpha value is -1.07. The van der Waals surface area contributed by atoms with Crippen LogP contribution in [0.1, 0.15) is 25.7 Å². The monoisotopic (exact) mass is 266 g/mol. The summed E-state index contributed by atoms with van der Waals surface area (Å²) in [6.45, 7) is 2.05. The molecule has 2 aliphatic rings. The number of rotatable bonds is 4. The van der Waals surface area contributed by atoms with Crippen LogP contribution in [-0.2, 0) is 10.0 Å². The number of anilines is 1. The van der Waals surface area contributed by atoms with Gasteiger partial charge >= 0.3 is 0 Å². The fraction of sp³-hybridized carbons (Fsp3) is 0.538. The maximum Gasteiger partial charge on any atom is 0.240 e. The third kappa shape index (κ3) is 2.52. The molecule has 98 valence electrons. The molecule has 0 amide bonds. The van der Waals surface area contributed by atoms with Crippen molar-refractivity contribution in [3.8, 4) is 0 Å². The van der Waals surface area contributed by atoms with Gasteiger partial charge in [-0.2, -0.15) is 0 Å². The molecule has 3 rings (SSSR count). The largest absolute Gasteiger partial charge is 0.371 e. The highest BCUT2D eigenvalue weighted by Gasteiger charge is 2.28. The summed E-state index contributed by atoms with van der Waals surface area (Å²) in [5.74, 6) is 0. The van der Waals surface area contributed by atoms with Crippen molar-refractivity contribution < 1.29 is 8.42 Å². The summed E-state index contributed by atoms with van der Waals surface area (Å²) in [4.78, 5) is 2.63.